The van der Waals surface area contributed by atoms with Gasteiger partial charge in [-0.1, -0.05) is 12.0 Å². The van der Waals surface area contributed by atoms with Crippen molar-refractivity contribution < 1.29 is 4.39 Å². The molecule has 0 saturated carbocycles. The lowest BCUT2D eigenvalue weighted by atomic mass is 10.3. The number of halogens is 1. The van der Waals surface area contributed by atoms with E-state index in [2.05, 4.69) is 10.0 Å². The van der Waals surface area contributed by atoms with Gasteiger partial charge in [0, 0.05) is 9.81 Å². The molecule has 1 aromatic rings. The van der Waals surface area contributed by atoms with Crippen molar-refractivity contribution in [3.63, 3.8) is 0 Å². The molecular formula is C8H8FN3S. The summed E-state index contributed by atoms with van der Waals surface area (Å²) in [5.41, 5.74) is 8.72. The summed E-state index contributed by atoms with van der Waals surface area (Å²) < 4.78 is 12.8. The van der Waals surface area contributed by atoms with E-state index < -0.39 is 0 Å². The van der Waals surface area contributed by atoms with E-state index in [1.54, 1.807) is 0 Å². The minimum atomic E-state index is -0.312. The molecule has 0 fully saturated rings. The van der Waals surface area contributed by atoms with Crippen LogP contribution in [-0.2, 0) is 0 Å². The average molecular weight is 197 g/mol. The first kappa shape index (κ1) is 9.89. The molecular weight excluding hydrogens is 189 g/mol. The van der Waals surface area contributed by atoms with Gasteiger partial charge in [0.25, 0.3) is 0 Å². The van der Waals surface area contributed by atoms with Gasteiger partial charge >= 0.3 is 0 Å². The maximum Gasteiger partial charge on any atom is 0.124 e. The molecule has 0 unspecified atom stereocenters. The Kier molecular flexibility index (Phi) is 3.61. The zero-order valence-electron chi connectivity index (χ0n) is 7.07. The Bertz CT molecular complexity index is 347. The Balaban J connectivity index is 3.09. The summed E-state index contributed by atoms with van der Waals surface area (Å²) in [6.45, 7) is 1.95. The molecule has 0 N–H and O–H groups in total. The van der Waals surface area contributed by atoms with Crippen LogP contribution in [0.15, 0.2) is 28.2 Å². The number of thioether (sulfide) groups is 1. The van der Waals surface area contributed by atoms with Crippen LogP contribution < -0.4 is 0 Å². The molecule has 0 aliphatic heterocycles. The lowest BCUT2D eigenvalue weighted by Gasteiger charge is -2.01. The topological polar surface area (TPSA) is 48.8 Å². The van der Waals surface area contributed by atoms with Crippen LogP contribution in [0.5, 0.6) is 0 Å². The molecule has 0 aliphatic rings. The molecule has 0 aliphatic carbocycles. The second-order valence-corrected chi connectivity index (χ2v) is 3.54. The molecule has 5 heteroatoms. The molecule has 68 valence electrons. The van der Waals surface area contributed by atoms with Gasteiger partial charge in [0.15, 0.2) is 0 Å². The van der Waals surface area contributed by atoms with Crippen molar-refractivity contribution in [2.75, 3.05) is 5.75 Å². The summed E-state index contributed by atoms with van der Waals surface area (Å²) in [5.74, 6) is 0.505. The molecule has 0 spiro atoms. The first-order valence-electron chi connectivity index (χ1n) is 3.75. The third kappa shape index (κ3) is 2.65. The van der Waals surface area contributed by atoms with Crippen molar-refractivity contribution in [1.82, 2.24) is 0 Å². The number of hydrogen-bond acceptors (Lipinski definition) is 2. The Morgan fingerprint density at radius 3 is 3.00 bits per heavy atom. The van der Waals surface area contributed by atoms with Crippen LogP contribution >= 0.6 is 11.8 Å². The van der Waals surface area contributed by atoms with E-state index >= 15 is 0 Å². The fourth-order valence-corrected chi connectivity index (χ4v) is 1.65. The zero-order valence-corrected chi connectivity index (χ0v) is 7.88. The molecule has 1 aromatic carbocycles. The summed E-state index contributed by atoms with van der Waals surface area (Å²) in [6, 6.07) is 4.13. The number of hydrogen-bond donors (Lipinski definition) is 0. The van der Waals surface area contributed by atoms with E-state index in [0.717, 1.165) is 5.75 Å². The molecule has 13 heavy (non-hydrogen) atoms. The molecule has 0 saturated heterocycles. The lowest BCUT2D eigenvalue weighted by Crippen LogP contribution is -1.78. The largest absolute Gasteiger partial charge is 0.207 e. The van der Waals surface area contributed by atoms with E-state index in [1.165, 1.54) is 30.0 Å². The van der Waals surface area contributed by atoms with Crippen molar-refractivity contribution >= 4 is 17.4 Å². The van der Waals surface area contributed by atoms with Crippen molar-refractivity contribution in [1.29, 1.82) is 0 Å². The van der Waals surface area contributed by atoms with Crippen LogP contribution in [0.25, 0.3) is 10.4 Å². The van der Waals surface area contributed by atoms with Gasteiger partial charge in [-0.05, 0) is 29.5 Å². The first-order chi connectivity index (χ1) is 6.27. The third-order valence-electron chi connectivity index (χ3n) is 1.37. The van der Waals surface area contributed by atoms with Gasteiger partial charge in [-0.2, -0.15) is 0 Å². The van der Waals surface area contributed by atoms with E-state index in [1.807, 2.05) is 6.92 Å². The van der Waals surface area contributed by atoms with Crippen LogP contribution in [0.2, 0.25) is 0 Å². The quantitative estimate of drug-likeness (QED) is 0.314. The number of nitrogens with zero attached hydrogens (tertiary/aromatic N) is 3. The van der Waals surface area contributed by atoms with Gasteiger partial charge < -0.3 is 0 Å². The highest BCUT2D eigenvalue weighted by Gasteiger charge is 2.01. The molecule has 0 amide bonds. The van der Waals surface area contributed by atoms with Gasteiger partial charge in [-0.3, -0.25) is 0 Å². The van der Waals surface area contributed by atoms with Gasteiger partial charge in [0.2, 0.25) is 0 Å². The molecule has 3 nitrogen and oxygen atoms in total. The first-order valence-corrected chi connectivity index (χ1v) is 4.74. The second-order valence-electron chi connectivity index (χ2n) is 2.23. The second kappa shape index (κ2) is 4.74. The normalized spacial score (nSPS) is 9.38. The molecule has 0 heterocycles. The van der Waals surface area contributed by atoms with Gasteiger partial charge in [-0.15, -0.1) is 11.8 Å². The van der Waals surface area contributed by atoms with Crippen LogP contribution in [0.3, 0.4) is 0 Å². The Labute approximate surface area is 79.6 Å². The maximum absolute atomic E-state index is 12.8. The van der Waals surface area contributed by atoms with Crippen molar-refractivity contribution in [3.8, 4) is 0 Å². The van der Waals surface area contributed by atoms with Crippen LogP contribution in [0.4, 0.5) is 10.1 Å². The zero-order chi connectivity index (χ0) is 9.68. The van der Waals surface area contributed by atoms with E-state index in [4.69, 9.17) is 5.53 Å². The summed E-state index contributed by atoms with van der Waals surface area (Å²) >= 11 is 1.45. The minimum Gasteiger partial charge on any atom is -0.207 e. The predicted molar refractivity (Wildman–Crippen MR) is 51.6 cm³/mol. The highest BCUT2D eigenvalue weighted by Crippen LogP contribution is 2.30. The summed E-state index contributed by atoms with van der Waals surface area (Å²) in [6.07, 6.45) is 0. The summed E-state index contributed by atoms with van der Waals surface area (Å²) in [5, 5.41) is 3.46. The minimum absolute atomic E-state index is 0.312. The Morgan fingerprint density at radius 2 is 2.38 bits per heavy atom. The van der Waals surface area contributed by atoms with Crippen molar-refractivity contribution in [2.24, 2.45) is 5.11 Å². The van der Waals surface area contributed by atoms with E-state index in [0.29, 0.717) is 10.6 Å². The van der Waals surface area contributed by atoms with Crippen molar-refractivity contribution in [3.05, 3.63) is 34.5 Å². The maximum atomic E-state index is 12.8. The van der Waals surface area contributed by atoms with E-state index in [-0.39, 0.29) is 5.82 Å². The average Bonchev–Trinajstić information content (AvgIpc) is 2.10. The number of rotatable bonds is 3. The molecule has 0 bridgehead atoms. The Morgan fingerprint density at radius 1 is 1.62 bits per heavy atom. The summed E-state index contributed by atoms with van der Waals surface area (Å²) in [7, 11) is 0. The van der Waals surface area contributed by atoms with Crippen LogP contribution in [-0.4, -0.2) is 5.75 Å². The van der Waals surface area contributed by atoms with Gasteiger partial charge in [-0.25, -0.2) is 4.39 Å². The summed E-state index contributed by atoms with van der Waals surface area (Å²) in [4.78, 5) is 3.35. The molecule has 0 radical (unpaired) electrons. The molecule has 0 atom stereocenters. The predicted octanol–water partition coefficient (Wildman–Crippen LogP) is 3.88. The van der Waals surface area contributed by atoms with E-state index in [9.17, 15) is 4.39 Å². The SMILES string of the molecule is CCSc1cc(F)ccc1N=[N+]=[N-]. The Hall–Kier alpha value is -1.19. The lowest BCUT2D eigenvalue weighted by molar-refractivity contribution is 0.624. The van der Waals surface area contributed by atoms with Crippen LogP contribution in [0, 0.1) is 5.82 Å². The van der Waals surface area contributed by atoms with Crippen LogP contribution in [0.1, 0.15) is 6.92 Å². The monoisotopic (exact) mass is 197 g/mol. The number of benzene rings is 1. The smallest absolute Gasteiger partial charge is 0.124 e. The molecule has 1 rings (SSSR count). The van der Waals surface area contributed by atoms with Crippen molar-refractivity contribution in [2.45, 2.75) is 11.8 Å². The highest BCUT2D eigenvalue weighted by molar-refractivity contribution is 7.99. The van der Waals surface area contributed by atoms with Gasteiger partial charge in [0.05, 0.1) is 5.69 Å². The highest BCUT2D eigenvalue weighted by atomic mass is 32.2. The molecule has 0 aromatic heterocycles. The third-order valence-corrected chi connectivity index (χ3v) is 2.30. The number of azide groups is 1. The standard InChI is InChI=1S/C8H8FN3S/c1-2-13-8-5-6(9)3-4-7(8)11-12-10/h3-5H,2H2,1H3. The fraction of sp³-hybridized carbons (Fsp3) is 0.250. The fourth-order valence-electron chi connectivity index (χ4n) is 0.890. The van der Waals surface area contributed by atoms with Gasteiger partial charge in [0.1, 0.15) is 5.82 Å².